The summed E-state index contributed by atoms with van der Waals surface area (Å²) in [7, 11) is 0. The number of aromatic nitrogens is 2. The number of rotatable bonds is 4. The van der Waals surface area contributed by atoms with E-state index in [1.807, 2.05) is 29.1 Å². The largest absolute Gasteiger partial charge is 0.454 e. The Morgan fingerprint density at radius 3 is 2.80 bits per heavy atom. The Morgan fingerprint density at radius 2 is 2.05 bits per heavy atom. The minimum Gasteiger partial charge on any atom is -0.454 e. The first-order chi connectivity index (χ1) is 9.74. The van der Waals surface area contributed by atoms with E-state index in [0.717, 1.165) is 41.8 Å². The molecule has 2 heterocycles. The van der Waals surface area contributed by atoms with Crippen LogP contribution in [0.25, 0.3) is 22.4 Å². The smallest absolute Gasteiger partial charge is 0.160 e. The summed E-state index contributed by atoms with van der Waals surface area (Å²) >= 11 is 0. The maximum Gasteiger partial charge on any atom is 0.160 e. The summed E-state index contributed by atoms with van der Waals surface area (Å²) in [5.74, 6) is 0.807. The van der Waals surface area contributed by atoms with E-state index in [1.165, 1.54) is 5.56 Å². The number of hydrogen-bond acceptors (Lipinski definition) is 3. The van der Waals surface area contributed by atoms with Gasteiger partial charge in [-0.1, -0.05) is 32.0 Å². The molecule has 0 aliphatic rings. The molecule has 2 aromatic heterocycles. The molecule has 4 nitrogen and oxygen atoms in total. The normalized spacial score (nSPS) is 11.3. The van der Waals surface area contributed by atoms with Crippen LogP contribution in [-0.4, -0.2) is 9.78 Å². The predicted molar refractivity (Wildman–Crippen MR) is 81.5 cm³/mol. The third-order valence-corrected chi connectivity index (χ3v) is 3.51. The van der Waals surface area contributed by atoms with Gasteiger partial charge in [0.1, 0.15) is 5.58 Å². The minimum atomic E-state index is 0.673. The lowest BCUT2D eigenvalue weighted by atomic mass is 10.1. The Balaban J connectivity index is 2.18. The lowest BCUT2D eigenvalue weighted by molar-refractivity contribution is 0.591. The van der Waals surface area contributed by atoms with Crippen LogP contribution < -0.4 is 5.73 Å². The highest BCUT2D eigenvalue weighted by molar-refractivity contribution is 5.89. The third-order valence-electron chi connectivity index (χ3n) is 3.51. The summed E-state index contributed by atoms with van der Waals surface area (Å²) in [4.78, 5) is 0. The number of nitrogens with zero attached hydrogens (tertiary/aromatic N) is 2. The fourth-order valence-corrected chi connectivity index (χ4v) is 2.60. The van der Waals surface area contributed by atoms with Crippen LogP contribution in [0.4, 0.5) is 5.69 Å². The fraction of sp³-hybridized carbons (Fsp3) is 0.312. The molecule has 0 atom stereocenters. The first-order valence-electron chi connectivity index (χ1n) is 7.08. The number of benzene rings is 1. The second-order valence-corrected chi connectivity index (χ2v) is 4.96. The second kappa shape index (κ2) is 5.04. The van der Waals surface area contributed by atoms with E-state index in [1.54, 1.807) is 0 Å². The molecule has 104 valence electrons. The van der Waals surface area contributed by atoms with Gasteiger partial charge in [0.15, 0.2) is 11.5 Å². The molecule has 2 N–H and O–H groups in total. The minimum absolute atomic E-state index is 0.673. The van der Waals surface area contributed by atoms with Gasteiger partial charge < -0.3 is 10.2 Å². The highest BCUT2D eigenvalue weighted by atomic mass is 16.3. The summed E-state index contributed by atoms with van der Waals surface area (Å²) in [5, 5.41) is 5.72. The van der Waals surface area contributed by atoms with Crippen LogP contribution in [0.15, 0.2) is 34.9 Å². The molecule has 0 radical (unpaired) electrons. The molecule has 0 saturated carbocycles. The molecule has 0 aliphatic carbocycles. The SMILES string of the molecule is CCCn1cc(N)c(-c2oc3ccccc3c2CC)n1. The summed E-state index contributed by atoms with van der Waals surface area (Å²) in [6, 6.07) is 8.07. The van der Waals surface area contributed by atoms with Gasteiger partial charge in [0.05, 0.1) is 5.69 Å². The zero-order valence-corrected chi connectivity index (χ0v) is 11.9. The molecule has 4 heteroatoms. The molecule has 0 bridgehead atoms. The highest BCUT2D eigenvalue weighted by Gasteiger charge is 2.19. The summed E-state index contributed by atoms with van der Waals surface area (Å²) in [6.45, 7) is 5.11. The van der Waals surface area contributed by atoms with Gasteiger partial charge in [0, 0.05) is 23.7 Å². The molecule has 0 amide bonds. The van der Waals surface area contributed by atoms with Crippen LogP contribution >= 0.6 is 0 Å². The van der Waals surface area contributed by atoms with Gasteiger partial charge in [0.2, 0.25) is 0 Å². The van der Waals surface area contributed by atoms with E-state index in [9.17, 15) is 0 Å². The third kappa shape index (κ3) is 1.97. The van der Waals surface area contributed by atoms with Crippen LogP contribution in [0, 0.1) is 0 Å². The molecule has 3 aromatic rings. The predicted octanol–water partition coefficient (Wildman–Crippen LogP) is 3.85. The molecule has 0 aliphatic heterocycles. The highest BCUT2D eigenvalue weighted by Crippen LogP contribution is 2.35. The number of nitrogen functional groups attached to an aromatic ring is 1. The Hall–Kier alpha value is -2.23. The van der Waals surface area contributed by atoms with Crippen LogP contribution in [-0.2, 0) is 13.0 Å². The fourth-order valence-electron chi connectivity index (χ4n) is 2.60. The summed E-state index contributed by atoms with van der Waals surface area (Å²) < 4.78 is 7.88. The maximum absolute atomic E-state index is 6.11. The van der Waals surface area contributed by atoms with Crippen molar-refractivity contribution >= 4 is 16.7 Å². The lowest BCUT2D eigenvalue weighted by Gasteiger charge is -1.98. The first kappa shape index (κ1) is 12.8. The summed E-state index contributed by atoms with van der Waals surface area (Å²) in [5.41, 5.74) is 9.60. The van der Waals surface area contributed by atoms with E-state index in [0.29, 0.717) is 5.69 Å². The van der Waals surface area contributed by atoms with Crippen LogP contribution in [0.1, 0.15) is 25.8 Å². The van der Waals surface area contributed by atoms with Crippen molar-refractivity contribution in [2.24, 2.45) is 0 Å². The van der Waals surface area contributed by atoms with Crippen molar-refractivity contribution < 1.29 is 4.42 Å². The van der Waals surface area contributed by atoms with E-state index < -0.39 is 0 Å². The first-order valence-corrected chi connectivity index (χ1v) is 7.08. The van der Waals surface area contributed by atoms with E-state index >= 15 is 0 Å². The van der Waals surface area contributed by atoms with Crippen LogP contribution in [0.5, 0.6) is 0 Å². The molecule has 3 rings (SSSR count). The molecule has 1 aromatic carbocycles. The quantitative estimate of drug-likeness (QED) is 0.782. The van der Waals surface area contributed by atoms with Crippen molar-refractivity contribution in [3.63, 3.8) is 0 Å². The average molecular weight is 269 g/mol. The number of aryl methyl sites for hydroxylation is 2. The Labute approximate surface area is 118 Å². The Morgan fingerprint density at radius 1 is 1.25 bits per heavy atom. The van der Waals surface area contributed by atoms with Gasteiger partial charge in [-0.3, -0.25) is 4.68 Å². The number of hydrogen-bond donors (Lipinski definition) is 1. The van der Waals surface area contributed by atoms with Crippen LogP contribution in [0.3, 0.4) is 0 Å². The molecule has 20 heavy (non-hydrogen) atoms. The van der Waals surface area contributed by atoms with Gasteiger partial charge in [-0.05, 0) is 18.9 Å². The molecule has 0 fully saturated rings. The van der Waals surface area contributed by atoms with Crippen molar-refractivity contribution in [2.45, 2.75) is 33.2 Å². The Kier molecular flexibility index (Phi) is 3.22. The van der Waals surface area contributed by atoms with Gasteiger partial charge >= 0.3 is 0 Å². The number of para-hydroxylation sites is 1. The zero-order chi connectivity index (χ0) is 14.1. The molecule has 0 saturated heterocycles. The maximum atomic E-state index is 6.11. The van der Waals surface area contributed by atoms with E-state index in [2.05, 4.69) is 25.0 Å². The standard InChI is InChI=1S/C16H19N3O/c1-3-9-19-10-13(17)15(18-19)16-11(4-2)12-7-5-6-8-14(12)20-16/h5-8,10H,3-4,9,17H2,1-2H3. The van der Waals surface area contributed by atoms with Gasteiger partial charge in [-0.2, -0.15) is 5.10 Å². The topological polar surface area (TPSA) is 57.0 Å². The van der Waals surface area contributed by atoms with E-state index in [-0.39, 0.29) is 0 Å². The van der Waals surface area contributed by atoms with Gasteiger partial charge in [0.25, 0.3) is 0 Å². The zero-order valence-electron chi connectivity index (χ0n) is 11.9. The van der Waals surface area contributed by atoms with Crippen molar-refractivity contribution in [1.82, 2.24) is 9.78 Å². The number of anilines is 1. The number of nitrogens with two attached hydrogens (primary N) is 1. The molecular weight excluding hydrogens is 250 g/mol. The van der Waals surface area contributed by atoms with E-state index in [4.69, 9.17) is 10.2 Å². The van der Waals surface area contributed by atoms with Crippen molar-refractivity contribution in [2.75, 3.05) is 5.73 Å². The molecule has 0 spiro atoms. The molecule has 0 unspecified atom stereocenters. The number of furan rings is 1. The number of fused-ring (bicyclic) bond motifs is 1. The van der Waals surface area contributed by atoms with Crippen molar-refractivity contribution in [3.05, 3.63) is 36.0 Å². The van der Waals surface area contributed by atoms with Crippen molar-refractivity contribution in [1.29, 1.82) is 0 Å². The molecular formula is C16H19N3O. The van der Waals surface area contributed by atoms with Gasteiger partial charge in [-0.25, -0.2) is 0 Å². The van der Waals surface area contributed by atoms with Gasteiger partial charge in [-0.15, -0.1) is 0 Å². The Bertz CT molecular complexity index is 739. The summed E-state index contributed by atoms with van der Waals surface area (Å²) in [6.07, 6.45) is 3.80. The lowest BCUT2D eigenvalue weighted by Crippen LogP contribution is -1.97. The monoisotopic (exact) mass is 269 g/mol. The van der Waals surface area contributed by atoms with Crippen LogP contribution in [0.2, 0.25) is 0 Å². The average Bonchev–Trinajstić information content (AvgIpc) is 2.99. The second-order valence-electron chi connectivity index (χ2n) is 4.96. The van der Waals surface area contributed by atoms with Crippen molar-refractivity contribution in [3.8, 4) is 11.5 Å².